The molecule has 1 aliphatic rings. The normalized spacial score (nSPS) is 20.7. The maximum atomic E-state index is 13.8. The number of methoxy groups -OCH3 is 1. The zero-order valence-electron chi connectivity index (χ0n) is 12.1. The number of ether oxygens (including phenoxy) is 1. The van der Waals surface area contributed by atoms with Gasteiger partial charge in [0.15, 0.2) is 0 Å². The largest absolute Gasteiger partial charge is 0.380 e. The molecule has 1 heterocycles. The van der Waals surface area contributed by atoms with E-state index in [2.05, 4.69) is 0 Å². The van der Waals surface area contributed by atoms with E-state index >= 15 is 0 Å². The summed E-state index contributed by atoms with van der Waals surface area (Å²) in [4.78, 5) is 0.0915. The lowest BCUT2D eigenvalue weighted by Crippen LogP contribution is -2.42. The summed E-state index contributed by atoms with van der Waals surface area (Å²) in [6.07, 6.45) is 1.50. The third kappa shape index (κ3) is 3.39. The Morgan fingerprint density at radius 3 is 2.81 bits per heavy atom. The highest BCUT2D eigenvalue weighted by Gasteiger charge is 2.31. The fourth-order valence-corrected chi connectivity index (χ4v) is 4.36. The maximum Gasteiger partial charge on any atom is 0.243 e. The van der Waals surface area contributed by atoms with E-state index in [1.165, 1.54) is 16.4 Å². The van der Waals surface area contributed by atoms with Gasteiger partial charge in [0, 0.05) is 25.8 Å². The van der Waals surface area contributed by atoms with Gasteiger partial charge >= 0.3 is 0 Å². The van der Waals surface area contributed by atoms with Crippen LogP contribution in [0.25, 0.3) is 0 Å². The predicted octanol–water partition coefficient (Wildman–Crippen LogP) is 2.67. The van der Waals surface area contributed by atoms with Gasteiger partial charge in [0.1, 0.15) is 5.82 Å². The van der Waals surface area contributed by atoms with Gasteiger partial charge in [-0.05, 0) is 37.5 Å². The highest BCUT2D eigenvalue weighted by molar-refractivity contribution is 7.89. The van der Waals surface area contributed by atoms with Gasteiger partial charge in [-0.25, -0.2) is 12.8 Å². The molecule has 1 atom stereocenters. The first-order chi connectivity index (χ1) is 9.90. The summed E-state index contributed by atoms with van der Waals surface area (Å²) in [7, 11) is -2.07. The van der Waals surface area contributed by atoms with Crippen molar-refractivity contribution in [1.29, 1.82) is 0 Å². The smallest absolute Gasteiger partial charge is 0.243 e. The maximum absolute atomic E-state index is 13.8. The molecule has 1 aromatic carbocycles. The molecule has 1 fully saturated rings. The summed E-state index contributed by atoms with van der Waals surface area (Å²) in [6, 6.07) is 2.68. The molecular weight excluding hydrogens is 317 g/mol. The molecule has 0 radical (unpaired) electrons. The molecular formula is C14H19ClFNO3S. The van der Waals surface area contributed by atoms with E-state index in [4.69, 9.17) is 16.3 Å². The van der Waals surface area contributed by atoms with Crippen molar-refractivity contribution >= 4 is 21.6 Å². The number of rotatable bonds is 4. The van der Waals surface area contributed by atoms with Gasteiger partial charge < -0.3 is 4.74 Å². The molecule has 0 saturated carbocycles. The van der Waals surface area contributed by atoms with Crippen molar-refractivity contribution in [2.24, 2.45) is 0 Å². The number of aryl methyl sites for hydroxylation is 1. The summed E-state index contributed by atoms with van der Waals surface area (Å²) in [5, 5.41) is 0. The molecule has 118 valence electrons. The Morgan fingerprint density at radius 2 is 2.19 bits per heavy atom. The zero-order valence-corrected chi connectivity index (χ0v) is 13.7. The monoisotopic (exact) mass is 335 g/mol. The minimum Gasteiger partial charge on any atom is -0.380 e. The van der Waals surface area contributed by atoms with E-state index in [-0.39, 0.29) is 28.0 Å². The number of benzene rings is 1. The SMILES string of the molecule is COC1CCCN(S(=O)(=O)c2cc(C)c(F)c(CCl)c2)C1. The van der Waals surface area contributed by atoms with Crippen LogP contribution in [-0.2, 0) is 20.6 Å². The van der Waals surface area contributed by atoms with Crippen LogP contribution in [0.4, 0.5) is 4.39 Å². The van der Waals surface area contributed by atoms with Crippen LogP contribution < -0.4 is 0 Å². The molecule has 2 rings (SSSR count). The molecule has 0 amide bonds. The second-order valence-corrected chi connectivity index (χ2v) is 7.42. The second-order valence-electron chi connectivity index (χ2n) is 5.21. The van der Waals surface area contributed by atoms with E-state index in [0.29, 0.717) is 13.1 Å². The van der Waals surface area contributed by atoms with E-state index in [1.54, 1.807) is 14.0 Å². The van der Waals surface area contributed by atoms with Crippen molar-refractivity contribution in [1.82, 2.24) is 4.31 Å². The molecule has 4 nitrogen and oxygen atoms in total. The first-order valence-electron chi connectivity index (χ1n) is 6.78. The first kappa shape index (κ1) is 16.7. The fraction of sp³-hybridized carbons (Fsp3) is 0.571. The highest BCUT2D eigenvalue weighted by atomic mass is 35.5. The van der Waals surface area contributed by atoms with E-state index in [1.807, 2.05) is 0 Å². The quantitative estimate of drug-likeness (QED) is 0.795. The van der Waals surface area contributed by atoms with E-state index in [0.717, 1.165) is 12.8 Å². The first-order valence-corrected chi connectivity index (χ1v) is 8.75. The van der Waals surface area contributed by atoms with Crippen molar-refractivity contribution in [3.05, 3.63) is 29.1 Å². The van der Waals surface area contributed by atoms with Gasteiger partial charge in [0.05, 0.1) is 16.9 Å². The molecule has 0 N–H and O–H groups in total. The minimum atomic E-state index is -3.65. The molecule has 0 aromatic heterocycles. The van der Waals surface area contributed by atoms with Crippen LogP contribution in [0, 0.1) is 12.7 Å². The summed E-state index contributed by atoms with van der Waals surface area (Å²) in [5.74, 6) is -0.506. The number of hydrogen-bond acceptors (Lipinski definition) is 3. The van der Waals surface area contributed by atoms with Crippen LogP contribution in [0.1, 0.15) is 24.0 Å². The van der Waals surface area contributed by atoms with Crippen LogP contribution in [0.5, 0.6) is 0 Å². The van der Waals surface area contributed by atoms with Gasteiger partial charge in [-0.15, -0.1) is 11.6 Å². The number of piperidine rings is 1. The predicted molar refractivity (Wildman–Crippen MR) is 79.5 cm³/mol. The topological polar surface area (TPSA) is 46.6 Å². The van der Waals surface area contributed by atoms with Gasteiger partial charge in [-0.3, -0.25) is 0 Å². The lowest BCUT2D eigenvalue weighted by atomic mass is 10.1. The molecule has 1 unspecified atom stereocenters. The Hall–Kier alpha value is -0.690. The molecule has 1 aromatic rings. The van der Waals surface area contributed by atoms with E-state index in [9.17, 15) is 12.8 Å². The lowest BCUT2D eigenvalue weighted by Gasteiger charge is -2.31. The summed E-state index contributed by atoms with van der Waals surface area (Å²) in [5.41, 5.74) is 0.488. The van der Waals surface area contributed by atoms with Gasteiger partial charge in [-0.2, -0.15) is 4.31 Å². The molecule has 1 saturated heterocycles. The van der Waals surface area contributed by atoms with Crippen LogP contribution in [0.3, 0.4) is 0 Å². The van der Waals surface area contributed by atoms with Crippen molar-refractivity contribution in [2.75, 3.05) is 20.2 Å². The number of hydrogen-bond donors (Lipinski definition) is 0. The molecule has 0 bridgehead atoms. The van der Waals surface area contributed by atoms with Gasteiger partial charge in [0.2, 0.25) is 10.0 Å². The van der Waals surface area contributed by atoms with E-state index < -0.39 is 15.8 Å². The second kappa shape index (κ2) is 6.60. The van der Waals surface area contributed by atoms with Gasteiger partial charge in [-0.1, -0.05) is 0 Å². The number of nitrogens with zero attached hydrogens (tertiary/aromatic N) is 1. The number of sulfonamides is 1. The van der Waals surface area contributed by atoms with Crippen LogP contribution in [0.15, 0.2) is 17.0 Å². The Bertz CT molecular complexity index is 621. The number of alkyl halides is 1. The summed E-state index contributed by atoms with van der Waals surface area (Å²) >= 11 is 5.69. The Kier molecular flexibility index (Phi) is 5.24. The zero-order chi connectivity index (χ0) is 15.6. The Labute approximate surface area is 129 Å². The summed E-state index contributed by atoms with van der Waals surface area (Å²) < 4.78 is 45.8. The molecule has 21 heavy (non-hydrogen) atoms. The highest BCUT2D eigenvalue weighted by Crippen LogP contribution is 2.26. The van der Waals surface area contributed by atoms with Crippen molar-refractivity contribution in [3.8, 4) is 0 Å². The Morgan fingerprint density at radius 1 is 1.48 bits per heavy atom. The Balaban J connectivity index is 2.37. The molecule has 7 heteroatoms. The summed E-state index contributed by atoms with van der Waals surface area (Å²) in [6.45, 7) is 2.32. The average molecular weight is 336 g/mol. The number of halogens is 2. The van der Waals surface area contributed by atoms with Crippen molar-refractivity contribution in [3.63, 3.8) is 0 Å². The van der Waals surface area contributed by atoms with Crippen LogP contribution in [0.2, 0.25) is 0 Å². The third-order valence-electron chi connectivity index (χ3n) is 3.76. The average Bonchev–Trinajstić information content (AvgIpc) is 2.49. The van der Waals surface area contributed by atoms with Crippen LogP contribution >= 0.6 is 11.6 Å². The van der Waals surface area contributed by atoms with Crippen LogP contribution in [-0.4, -0.2) is 39.0 Å². The molecule has 0 aliphatic carbocycles. The molecule has 1 aliphatic heterocycles. The minimum absolute atomic E-state index is 0.0588. The van der Waals surface area contributed by atoms with Gasteiger partial charge in [0.25, 0.3) is 0 Å². The molecule has 0 spiro atoms. The van der Waals surface area contributed by atoms with Crippen molar-refractivity contribution in [2.45, 2.75) is 36.6 Å². The fourth-order valence-electron chi connectivity index (χ4n) is 2.52. The van der Waals surface area contributed by atoms with Crippen molar-refractivity contribution < 1.29 is 17.5 Å². The lowest BCUT2D eigenvalue weighted by molar-refractivity contribution is 0.0572. The standard InChI is InChI=1S/C14H19ClFNO3S/c1-10-6-13(7-11(8-15)14(10)16)21(18,19)17-5-3-4-12(9-17)20-2/h6-7,12H,3-5,8-9H2,1-2H3. The third-order valence-corrected chi connectivity index (χ3v) is 5.89.